The molecule has 2 heterocycles. The Morgan fingerprint density at radius 3 is 2.52 bits per heavy atom. The minimum absolute atomic E-state index is 0. The summed E-state index contributed by atoms with van der Waals surface area (Å²) in [5.74, 6) is 1.62. The summed E-state index contributed by atoms with van der Waals surface area (Å²) in [6, 6.07) is 10.4. The van der Waals surface area contributed by atoms with Gasteiger partial charge in [0.25, 0.3) is 0 Å². The standard InChI is InChI=1S/C20H26N6.HI/c1-14-11-15(2)17(16(3)12-14)8-9-22-20(21-4)23-13-19-25-24-18-7-5-6-10-26(18)19;/h5-7,10-12H,8-9,13H2,1-4H3,(H2,21,22,23);1H. The number of aromatic nitrogens is 3. The van der Waals surface area contributed by atoms with Gasteiger partial charge in [0.2, 0.25) is 0 Å². The number of halogens is 1. The van der Waals surface area contributed by atoms with Gasteiger partial charge in [-0.2, -0.15) is 0 Å². The molecule has 0 aliphatic heterocycles. The van der Waals surface area contributed by atoms with E-state index >= 15 is 0 Å². The molecule has 3 aromatic rings. The second-order valence-corrected chi connectivity index (χ2v) is 6.52. The Bertz CT molecular complexity index is 908. The number of nitrogens with zero attached hydrogens (tertiary/aromatic N) is 4. The number of rotatable bonds is 5. The second kappa shape index (κ2) is 9.68. The highest BCUT2D eigenvalue weighted by atomic mass is 127. The highest BCUT2D eigenvalue weighted by Crippen LogP contribution is 2.16. The van der Waals surface area contributed by atoms with Crippen molar-refractivity contribution in [1.82, 2.24) is 25.2 Å². The molecule has 2 N–H and O–H groups in total. The third-order valence-electron chi connectivity index (χ3n) is 4.53. The fraction of sp³-hybridized carbons (Fsp3) is 0.350. The zero-order valence-corrected chi connectivity index (χ0v) is 18.6. The zero-order valence-electron chi connectivity index (χ0n) is 16.3. The zero-order chi connectivity index (χ0) is 18.5. The lowest BCUT2D eigenvalue weighted by Crippen LogP contribution is -2.38. The van der Waals surface area contributed by atoms with Crippen molar-refractivity contribution in [1.29, 1.82) is 0 Å². The van der Waals surface area contributed by atoms with E-state index < -0.39 is 0 Å². The predicted octanol–water partition coefficient (Wildman–Crippen LogP) is 3.18. The van der Waals surface area contributed by atoms with E-state index in [9.17, 15) is 0 Å². The normalized spacial score (nSPS) is 11.3. The average molecular weight is 478 g/mol. The maximum Gasteiger partial charge on any atom is 0.191 e. The SMILES string of the molecule is CN=C(NCCc1c(C)cc(C)cc1C)NCc1nnc2ccccn12.I. The molecule has 27 heavy (non-hydrogen) atoms. The maximum absolute atomic E-state index is 4.29. The van der Waals surface area contributed by atoms with E-state index in [0.29, 0.717) is 6.54 Å². The van der Waals surface area contributed by atoms with Crippen LogP contribution in [0.1, 0.15) is 28.1 Å². The Kier molecular flexibility index (Phi) is 7.58. The Hall–Kier alpha value is -2.16. The van der Waals surface area contributed by atoms with Crippen LogP contribution < -0.4 is 10.6 Å². The number of guanidine groups is 1. The van der Waals surface area contributed by atoms with Crippen LogP contribution in [-0.4, -0.2) is 34.2 Å². The number of benzene rings is 1. The number of hydrogen-bond donors (Lipinski definition) is 2. The van der Waals surface area contributed by atoms with Gasteiger partial charge in [-0.3, -0.25) is 9.39 Å². The van der Waals surface area contributed by atoms with E-state index in [4.69, 9.17) is 0 Å². The molecule has 0 radical (unpaired) electrons. The summed E-state index contributed by atoms with van der Waals surface area (Å²) in [7, 11) is 1.78. The van der Waals surface area contributed by atoms with Crippen LogP contribution in [0.2, 0.25) is 0 Å². The Balaban J connectivity index is 0.00000261. The van der Waals surface area contributed by atoms with E-state index in [1.807, 2.05) is 28.8 Å². The van der Waals surface area contributed by atoms with E-state index in [2.05, 4.69) is 58.7 Å². The van der Waals surface area contributed by atoms with Gasteiger partial charge in [-0.15, -0.1) is 34.2 Å². The molecular formula is C20H27IN6. The molecule has 0 fully saturated rings. The summed E-state index contributed by atoms with van der Waals surface area (Å²) >= 11 is 0. The van der Waals surface area contributed by atoms with Crippen molar-refractivity contribution < 1.29 is 0 Å². The molecule has 0 aliphatic carbocycles. The van der Waals surface area contributed by atoms with Crippen LogP contribution in [0.3, 0.4) is 0 Å². The van der Waals surface area contributed by atoms with E-state index in [-0.39, 0.29) is 24.0 Å². The van der Waals surface area contributed by atoms with Gasteiger partial charge in [0.1, 0.15) is 0 Å². The molecule has 0 bridgehead atoms. The van der Waals surface area contributed by atoms with E-state index in [0.717, 1.165) is 30.4 Å². The van der Waals surface area contributed by atoms with Gasteiger partial charge >= 0.3 is 0 Å². The fourth-order valence-electron chi connectivity index (χ4n) is 3.31. The van der Waals surface area contributed by atoms with E-state index in [1.165, 1.54) is 22.3 Å². The van der Waals surface area contributed by atoms with Gasteiger partial charge in [-0.05, 0) is 56.0 Å². The molecule has 0 saturated carbocycles. The molecule has 3 rings (SSSR count). The van der Waals surface area contributed by atoms with Gasteiger partial charge in [-0.1, -0.05) is 23.8 Å². The van der Waals surface area contributed by atoms with Crippen LogP contribution in [0.25, 0.3) is 5.65 Å². The van der Waals surface area contributed by atoms with Crippen molar-refractivity contribution in [2.24, 2.45) is 4.99 Å². The van der Waals surface area contributed by atoms with Crippen LogP contribution >= 0.6 is 24.0 Å². The van der Waals surface area contributed by atoms with Crippen LogP contribution in [0.5, 0.6) is 0 Å². The molecule has 0 aliphatic rings. The lowest BCUT2D eigenvalue weighted by atomic mass is 9.97. The third-order valence-corrected chi connectivity index (χ3v) is 4.53. The summed E-state index contributed by atoms with van der Waals surface area (Å²) in [6.07, 6.45) is 2.93. The van der Waals surface area contributed by atoms with Crippen molar-refractivity contribution >= 4 is 35.6 Å². The van der Waals surface area contributed by atoms with Crippen LogP contribution in [0.4, 0.5) is 0 Å². The summed E-state index contributed by atoms with van der Waals surface area (Å²) in [5.41, 5.74) is 6.26. The monoisotopic (exact) mass is 478 g/mol. The molecule has 0 amide bonds. The Labute approximate surface area is 177 Å². The first-order valence-corrected chi connectivity index (χ1v) is 8.88. The van der Waals surface area contributed by atoms with Gasteiger partial charge in [0.15, 0.2) is 17.4 Å². The number of pyridine rings is 1. The lowest BCUT2D eigenvalue weighted by molar-refractivity contribution is 0.755. The smallest absolute Gasteiger partial charge is 0.191 e. The summed E-state index contributed by atoms with van der Waals surface area (Å²) in [6.45, 7) is 7.89. The van der Waals surface area contributed by atoms with Crippen LogP contribution in [0.15, 0.2) is 41.5 Å². The number of aryl methyl sites for hydroxylation is 3. The van der Waals surface area contributed by atoms with Crippen molar-refractivity contribution in [3.05, 3.63) is 64.6 Å². The predicted molar refractivity (Wildman–Crippen MR) is 121 cm³/mol. The Morgan fingerprint density at radius 2 is 1.81 bits per heavy atom. The van der Waals surface area contributed by atoms with Crippen LogP contribution in [-0.2, 0) is 13.0 Å². The van der Waals surface area contributed by atoms with Gasteiger partial charge in [0, 0.05) is 19.8 Å². The first-order valence-electron chi connectivity index (χ1n) is 8.88. The quantitative estimate of drug-likeness (QED) is 0.336. The van der Waals surface area contributed by atoms with E-state index in [1.54, 1.807) is 7.05 Å². The van der Waals surface area contributed by atoms with Crippen molar-refractivity contribution in [2.45, 2.75) is 33.7 Å². The summed E-state index contributed by atoms with van der Waals surface area (Å²) in [4.78, 5) is 4.29. The van der Waals surface area contributed by atoms with Crippen LogP contribution in [0, 0.1) is 20.8 Å². The molecule has 144 valence electrons. The molecule has 0 atom stereocenters. The third kappa shape index (κ3) is 5.18. The van der Waals surface area contributed by atoms with Crippen molar-refractivity contribution in [2.75, 3.05) is 13.6 Å². The van der Waals surface area contributed by atoms with Crippen molar-refractivity contribution in [3.8, 4) is 0 Å². The molecule has 0 unspecified atom stereocenters. The van der Waals surface area contributed by atoms with Gasteiger partial charge < -0.3 is 10.6 Å². The highest BCUT2D eigenvalue weighted by molar-refractivity contribution is 14.0. The molecular weight excluding hydrogens is 451 g/mol. The van der Waals surface area contributed by atoms with Crippen molar-refractivity contribution in [3.63, 3.8) is 0 Å². The first-order chi connectivity index (χ1) is 12.6. The fourth-order valence-corrected chi connectivity index (χ4v) is 3.31. The number of hydrogen-bond acceptors (Lipinski definition) is 3. The lowest BCUT2D eigenvalue weighted by Gasteiger charge is -2.14. The number of aliphatic imine (C=N–C) groups is 1. The molecule has 0 spiro atoms. The first kappa shape index (κ1) is 21.1. The highest BCUT2D eigenvalue weighted by Gasteiger charge is 2.07. The molecule has 7 heteroatoms. The maximum atomic E-state index is 4.29. The molecule has 2 aromatic heterocycles. The molecule has 6 nitrogen and oxygen atoms in total. The Morgan fingerprint density at radius 1 is 1.07 bits per heavy atom. The minimum Gasteiger partial charge on any atom is -0.356 e. The topological polar surface area (TPSA) is 66.6 Å². The average Bonchev–Trinajstić information content (AvgIpc) is 3.03. The van der Waals surface area contributed by atoms with Gasteiger partial charge in [0.05, 0.1) is 6.54 Å². The summed E-state index contributed by atoms with van der Waals surface area (Å²) in [5, 5.41) is 15.1. The molecule has 0 saturated heterocycles. The number of fused-ring (bicyclic) bond motifs is 1. The van der Waals surface area contributed by atoms with Gasteiger partial charge in [-0.25, -0.2) is 0 Å². The number of nitrogens with one attached hydrogen (secondary N) is 2. The summed E-state index contributed by atoms with van der Waals surface area (Å²) < 4.78 is 1.97. The second-order valence-electron chi connectivity index (χ2n) is 6.52. The minimum atomic E-state index is 0. The largest absolute Gasteiger partial charge is 0.356 e. The molecule has 1 aromatic carbocycles.